The Labute approximate surface area is 125 Å². The molecule has 0 aliphatic heterocycles. The fraction of sp³-hybridized carbons (Fsp3) is 0.143. The number of nitrogens with zero attached hydrogens (tertiary/aromatic N) is 1. The van der Waals surface area contributed by atoms with Crippen molar-refractivity contribution in [3.8, 4) is 0 Å². The minimum atomic E-state index is 0.570. The summed E-state index contributed by atoms with van der Waals surface area (Å²) >= 11 is 6.94. The molecule has 3 aromatic rings. The summed E-state index contributed by atoms with van der Waals surface area (Å²) in [6.07, 6.45) is 1.65. The number of hydrogen-bond donors (Lipinski definition) is 2. The number of rotatable bonds is 3. The molecule has 0 fully saturated rings. The molecule has 2 N–H and O–H groups in total. The summed E-state index contributed by atoms with van der Waals surface area (Å²) in [6.45, 7) is 2.58. The quantitative estimate of drug-likeness (QED) is 0.723. The highest BCUT2D eigenvalue weighted by Crippen LogP contribution is 2.24. The van der Waals surface area contributed by atoms with Crippen molar-refractivity contribution in [1.29, 1.82) is 0 Å². The van der Waals surface area contributed by atoms with Crippen molar-refractivity contribution in [2.45, 2.75) is 13.5 Å². The van der Waals surface area contributed by atoms with Crippen LogP contribution in [0, 0.1) is 6.92 Å². The van der Waals surface area contributed by atoms with Gasteiger partial charge in [-0.1, -0.05) is 0 Å². The summed E-state index contributed by atoms with van der Waals surface area (Å²) in [6, 6.07) is 9.79. The van der Waals surface area contributed by atoms with Gasteiger partial charge in [-0.3, -0.25) is 0 Å². The van der Waals surface area contributed by atoms with Crippen molar-refractivity contribution in [2.24, 2.45) is 0 Å². The van der Waals surface area contributed by atoms with Gasteiger partial charge in [0, 0.05) is 5.69 Å². The Kier molecular flexibility index (Phi) is 3.66. The van der Waals surface area contributed by atoms with E-state index in [0.717, 1.165) is 26.7 Å². The highest BCUT2D eigenvalue weighted by molar-refractivity contribution is 7.80. The molecule has 6 heteroatoms. The Balaban J connectivity index is 1.64. The van der Waals surface area contributed by atoms with E-state index in [4.69, 9.17) is 16.6 Å². The van der Waals surface area contributed by atoms with E-state index < -0.39 is 0 Å². The van der Waals surface area contributed by atoms with Gasteiger partial charge < -0.3 is 15.1 Å². The molecule has 0 bridgehead atoms. The first kappa shape index (κ1) is 13.1. The topological polar surface area (TPSA) is 50.1 Å². The molecule has 102 valence electrons. The van der Waals surface area contributed by atoms with Crippen LogP contribution in [0.1, 0.15) is 10.8 Å². The number of fused-ring (bicyclic) bond motifs is 1. The van der Waals surface area contributed by atoms with Crippen LogP contribution in [0.25, 0.3) is 10.2 Å². The molecular formula is C14H13N3OS2. The summed E-state index contributed by atoms with van der Waals surface area (Å²) in [7, 11) is 0. The lowest BCUT2D eigenvalue weighted by atomic mass is 10.3. The van der Waals surface area contributed by atoms with Crippen molar-refractivity contribution < 1.29 is 4.42 Å². The zero-order valence-electron chi connectivity index (χ0n) is 10.8. The van der Waals surface area contributed by atoms with Gasteiger partial charge in [-0.15, -0.1) is 11.3 Å². The lowest BCUT2D eigenvalue weighted by Crippen LogP contribution is -2.27. The summed E-state index contributed by atoms with van der Waals surface area (Å²) < 4.78 is 6.39. The van der Waals surface area contributed by atoms with Crippen LogP contribution in [0.5, 0.6) is 0 Å². The lowest BCUT2D eigenvalue weighted by Gasteiger charge is -2.09. The van der Waals surface area contributed by atoms with Gasteiger partial charge in [-0.2, -0.15) is 0 Å². The van der Waals surface area contributed by atoms with Crippen LogP contribution < -0.4 is 10.6 Å². The maximum absolute atomic E-state index is 5.26. The fourth-order valence-electron chi connectivity index (χ4n) is 1.87. The minimum Gasteiger partial charge on any atom is -0.467 e. The molecule has 20 heavy (non-hydrogen) atoms. The number of furan rings is 1. The third-order valence-electron chi connectivity index (χ3n) is 2.76. The molecule has 0 radical (unpaired) electrons. The van der Waals surface area contributed by atoms with E-state index in [1.807, 2.05) is 31.2 Å². The molecule has 0 unspecified atom stereocenters. The number of thiazole rings is 1. The molecule has 4 nitrogen and oxygen atoms in total. The number of nitrogens with one attached hydrogen (secondary N) is 2. The van der Waals surface area contributed by atoms with Gasteiger partial charge in [-0.05, 0) is 49.5 Å². The molecule has 0 aliphatic carbocycles. The Bertz CT molecular complexity index is 734. The molecule has 0 aliphatic rings. The zero-order valence-corrected chi connectivity index (χ0v) is 12.5. The third-order valence-corrected chi connectivity index (χ3v) is 3.94. The minimum absolute atomic E-state index is 0.570. The number of anilines is 1. The van der Waals surface area contributed by atoms with Crippen molar-refractivity contribution in [3.63, 3.8) is 0 Å². The lowest BCUT2D eigenvalue weighted by molar-refractivity contribution is 0.503. The standard InChI is InChI=1S/C14H13N3OS2/c1-9-16-12-5-4-10(7-13(12)20-9)17-14(19)15-8-11-3-2-6-18-11/h2-7H,8H2,1H3,(H2,15,17,19). The van der Waals surface area contributed by atoms with Gasteiger partial charge in [0.15, 0.2) is 5.11 Å². The highest BCUT2D eigenvalue weighted by atomic mass is 32.1. The molecule has 2 heterocycles. The van der Waals surface area contributed by atoms with Crippen LogP contribution in [0.15, 0.2) is 41.0 Å². The van der Waals surface area contributed by atoms with Crippen molar-refractivity contribution in [1.82, 2.24) is 10.3 Å². The van der Waals surface area contributed by atoms with Crippen LogP contribution in [0.3, 0.4) is 0 Å². The summed E-state index contributed by atoms with van der Waals surface area (Å²) in [5.41, 5.74) is 1.98. The van der Waals surface area contributed by atoms with E-state index >= 15 is 0 Å². The second-order valence-electron chi connectivity index (χ2n) is 4.30. The van der Waals surface area contributed by atoms with Crippen molar-refractivity contribution in [2.75, 3.05) is 5.32 Å². The predicted molar refractivity (Wildman–Crippen MR) is 86.1 cm³/mol. The highest BCUT2D eigenvalue weighted by Gasteiger charge is 2.03. The molecule has 0 saturated carbocycles. The molecule has 3 rings (SSSR count). The second kappa shape index (κ2) is 5.60. The maximum Gasteiger partial charge on any atom is 0.171 e. The van der Waals surface area contributed by atoms with Gasteiger partial charge >= 0.3 is 0 Å². The van der Waals surface area contributed by atoms with Crippen molar-refractivity contribution >= 4 is 44.6 Å². The smallest absolute Gasteiger partial charge is 0.171 e. The van der Waals surface area contributed by atoms with Gasteiger partial charge in [0.05, 0.1) is 28.0 Å². The molecular weight excluding hydrogens is 290 g/mol. The first-order valence-electron chi connectivity index (χ1n) is 6.15. The van der Waals surface area contributed by atoms with E-state index in [2.05, 4.69) is 21.7 Å². The van der Waals surface area contributed by atoms with Crippen LogP contribution in [-0.4, -0.2) is 10.1 Å². The Morgan fingerprint density at radius 2 is 2.30 bits per heavy atom. The van der Waals surface area contributed by atoms with E-state index in [9.17, 15) is 0 Å². The van der Waals surface area contributed by atoms with Crippen LogP contribution in [0.4, 0.5) is 5.69 Å². The van der Waals surface area contributed by atoms with Crippen LogP contribution >= 0.6 is 23.6 Å². The first-order valence-corrected chi connectivity index (χ1v) is 7.37. The normalized spacial score (nSPS) is 10.7. The number of hydrogen-bond acceptors (Lipinski definition) is 4. The van der Waals surface area contributed by atoms with Gasteiger partial charge in [0.2, 0.25) is 0 Å². The summed E-state index contributed by atoms with van der Waals surface area (Å²) in [5, 5.41) is 7.90. The largest absolute Gasteiger partial charge is 0.467 e. The van der Waals surface area contributed by atoms with E-state index in [1.165, 1.54) is 0 Å². The second-order valence-corrected chi connectivity index (χ2v) is 5.95. The number of benzene rings is 1. The fourth-order valence-corrected chi connectivity index (χ4v) is 2.93. The van der Waals surface area contributed by atoms with Crippen molar-refractivity contribution in [3.05, 3.63) is 47.4 Å². The maximum atomic E-state index is 5.26. The monoisotopic (exact) mass is 303 g/mol. The van der Waals surface area contributed by atoms with Gasteiger partial charge in [-0.25, -0.2) is 4.98 Å². The Hall–Kier alpha value is -1.92. The first-order chi connectivity index (χ1) is 9.70. The molecule has 0 saturated heterocycles. The summed E-state index contributed by atoms with van der Waals surface area (Å²) in [5.74, 6) is 0.850. The average Bonchev–Trinajstić information content (AvgIpc) is 3.04. The van der Waals surface area contributed by atoms with Gasteiger partial charge in [0.1, 0.15) is 5.76 Å². The zero-order chi connectivity index (χ0) is 13.9. The summed E-state index contributed by atoms with van der Waals surface area (Å²) in [4.78, 5) is 4.43. The van der Waals surface area contributed by atoms with Gasteiger partial charge in [0.25, 0.3) is 0 Å². The van der Waals surface area contributed by atoms with E-state index in [-0.39, 0.29) is 0 Å². The number of aromatic nitrogens is 1. The molecule has 0 spiro atoms. The third kappa shape index (κ3) is 2.97. The van der Waals surface area contributed by atoms with Crippen LogP contribution in [-0.2, 0) is 6.54 Å². The molecule has 1 aromatic carbocycles. The number of thiocarbonyl (C=S) groups is 1. The molecule has 2 aromatic heterocycles. The van der Waals surface area contributed by atoms with E-state index in [0.29, 0.717) is 11.7 Å². The van der Waals surface area contributed by atoms with Crippen LogP contribution in [0.2, 0.25) is 0 Å². The molecule has 0 atom stereocenters. The predicted octanol–water partition coefficient (Wildman–Crippen LogP) is 3.68. The number of aryl methyl sites for hydroxylation is 1. The Morgan fingerprint density at radius 1 is 1.40 bits per heavy atom. The average molecular weight is 303 g/mol. The SMILES string of the molecule is Cc1nc2ccc(NC(=S)NCc3ccco3)cc2s1. The molecule has 0 amide bonds. The Morgan fingerprint density at radius 3 is 3.10 bits per heavy atom. The van der Waals surface area contributed by atoms with E-state index in [1.54, 1.807) is 17.6 Å².